The molecule has 0 aromatic heterocycles. The van der Waals surface area contributed by atoms with E-state index in [0.29, 0.717) is 5.56 Å². The van der Waals surface area contributed by atoms with Crippen LogP contribution >= 0.6 is 0 Å². The Morgan fingerprint density at radius 2 is 1.30 bits per heavy atom. The third kappa shape index (κ3) is 12.0. The van der Waals surface area contributed by atoms with Crippen LogP contribution in [0, 0.1) is 11.8 Å². The van der Waals surface area contributed by atoms with Crippen LogP contribution in [0.25, 0.3) is 0 Å². The van der Waals surface area contributed by atoms with E-state index in [1.807, 2.05) is 13.8 Å². The van der Waals surface area contributed by atoms with E-state index in [4.69, 9.17) is 34.2 Å². The van der Waals surface area contributed by atoms with E-state index >= 15 is 0 Å². The molecule has 1 aromatic rings. The third-order valence-corrected chi connectivity index (χ3v) is 4.97. The summed E-state index contributed by atoms with van der Waals surface area (Å²) >= 11 is 0. The Balaban J connectivity index is 2.85. The molecule has 1 rings (SSSR count). The first-order valence-electron chi connectivity index (χ1n) is 12.2. The van der Waals surface area contributed by atoms with E-state index in [-0.39, 0.29) is 42.3 Å². The summed E-state index contributed by atoms with van der Waals surface area (Å²) in [6, 6.07) is 3.25. The van der Waals surface area contributed by atoms with Crippen LogP contribution < -0.4 is 15.2 Å². The number of hydrogen-bond acceptors (Lipinski definition) is 11. The van der Waals surface area contributed by atoms with E-state index < -0.39 is 42.6 Å². The first kappa shape index (κ1) is 31.7. The van der Waals surface area contributed by atoms with Crippen LogP contribution in [0.15, 0.2) is 18.2 Å². The lowest BCUT2D eigenvalue weighted by Gasteiger charge is -2.19. The van der Waals surface area contributed by atoms with Gasteiger partial charge in [-0.15, -0.1) is 0 Å². The third-order valence-electron chi connectivity index (χ3n) is 4.97. The minimum Gasteiger partial charge on any atom is -0.461 e. The number of hydrogen-bond donors (Lipinski definition) is 1. The van der Waals surface area contributed by atoms with Crippen molar-refractivity contribution in [3.8, 4) is 11.5 Å². The Kier molecular flexibility index (Phi) is 12.9. The molecule has 208 valence electrons. The van der Waals surface area contributed by atoms with Gasteiger partial charge in [-0.3, -0.25) is 9.59 Å². The van der Waals surface area contributed by atoms with Crippen LogP contribution in [0.3, 0.4) is 0 Å². The SMILES string of the molecule is CC(C)OC(=O)Oc1ccc(C[C@H](N)C(=O)OC[C@H](C)OC(=O)C(C)C(C)C)cc1OC(=O)OC(C)C. The minimum absolute atomic E-state index is 0.0176. The predicted octanol–water partition coefficient (Wildman–Crippen LogP) is 4.17. The summed E-state index contributed by atoms with van der Waals surface area (Å²) in [6.07, 6.45) is -3.47. The molecule has 1 aromatic carbocycles. The number of carbonyl (C=O) groups is 4. The zero-order chi connectivity index (χ0) is 28.3. The Labute approximate surface area is 217 Å². The Morgan fingerprint density at radius 3 is 1.81 bits per heavy atom. The van der Waals surface area contributed by atoms with Crippen LogP contribution in [0.4, 0.5) is 9.59 Å². The molecule has 0 amide bonds. The summed E-state index contributed by atoms with van der Waals surface area (Å²) in [5.74, 6) is -1.45. The second kappa shape index (κ2) is 15.0. The van der Waals surface area contributed by atoms with Crippen molar-refractivity contribution in [3.05, 3.63) is 23.8 Å². The summed E-state index contributed by atoms with van der Waals surface area (Å²) in [6.45, 7) is 13.7. The van der Waals surface area contributed by atoms with Gasteiger partial charge >= 0.3 is 24.2 Å². The molecule has 0 aliphatic heterocycles. The average molecular weight is 526 g/mol. The Bertz CT molecular complexity index is 928. The minimum atomic E-state index is -1.06. The molecule has 0 radical (unpaired) electrons. The molecule has 3 atom stereocenters. The van der Waals surface area contributed by atoms with Gasteiger partial charge in [-0.05, 0) is 64.7 Å². The molecule has 11 heteroatoms. The van der Waals surface area contributed by atoms with Crippen molar-refractivity contribution in [1.82, 2.24) is 0 Å². The fourth-order valence-electron chi connectivity index (χ4n) is 2.71. The lowest BCUT2D eigenvalue weighted by molar-refractivity contribution is -0.162. The normalized spacial score (nSPS) is 13.5. The largest absolute Gasteiger partial charge is 0.514 e. The maximum atomic E-state index is 12.4. The zero-order valence-electron chi connectivity index (χ0n) is 22.8. The first-order valence-corrected chi connectivity index (χ1v) is 12.2. The number of carbonyl (C=O) groups excluding carboxylic acids is 4. The van der Waals surface area contributed by atoms with Gasteiger partial charge in [0.15, 0.2) is 11.5 Å². The van der Waals surface area contributed by atoms with Crippen molar-refractivity contribution < 1.29 is 47.6 Å². The maximum absolute atomic E-state index is 12.4. The lowest BCUT2D eigenvalue weighted by atomic mass is 9.98. The van der Waals surface area contributed by atoms with Crippen LogP contribution in [-0.4, -0.2) is 55.2 Å². The van der Waals surface area contributed by atoms with E-state index in [0.717, 1.165) is 0 Å². The Morgan fingerprint density at radius 1 is 0.757 bits per heavy atom. The molecular formula is C26H39NO10. The van der Waals surface area contributed by atoms with Crippen molar-refractivity contribution in [2.75, 3.05) is 6.61 Å². The molecule has 11 nitrogen and oxygen atoms in total. The van der Waals surface area contributed by atoms with Crippen LogP contribution in [-0.2, 0) is 35.0 Å². The quantitative estimate of drug-likeness (QED) is 0.238. The fourth-order valence-corrected chi connectivity index (χ4v) is 2.71. The monoisotopic (exact) mass is 525 g/mol. The van der Waals surface area contributed by atoms with Crippen molar-refractivity contribution in [3.63, 3.8) is 0 Å². The standard InChI is InChI=1S/C26H39NO10/c1-14(2)18(8)23(28)35-17(7)13-32-24(29)20(27)11-19-9-10-21(36-25(30)33-15(3)4)22(12-19)37-26(31)34-16(5)6/h9-10,12,14-18,20H,11,13,27H2,1-8H3/t17-,18?,20-/m0/s1. The van der Waals surface area contributed by atoms with Crippen LogP contribution in [0.1, 0.15) is 61.0 Å². The number of benzene rings is 1. The summed E-state index contributed by atoms with van der Waals surface area (Å²) in [4.78, 5) is 48.4. The van der Waals surface area contributed by atoms with Crippen molar-refractivity contribution in [1.29, 1.82) is 0 Å². The number of ether oxygens (including phenoxy) is 6. The molecule has 0 spiro atoms. The van der Waals surface area contributed by atoms with Gasteiger partial charge < -0.3 is 34.2 Å². The molecule has 37 heavy (non-hydrogen) atoms. The highest BCUT2D eigenvalue weighted by Gasteiger charge is 2.23. The summed E-state index contributed by atoms with van der Waals surface area (Å²) < 4.78 is 30.8. The predicted molar refractivity (Wildman–Crippen MR) is 133 cm³/mol. The highest BCUT2D eigenvalue weighted by Crippen LogP contribution is 2.30. The fraction of sp³-hybridized carbons (Fsp3) is 0.615. The van der Waals surface area contributed by atoms with E-state index in [1.165, 1.54) is 12.1 Å². The van der Waals surface area contributed by atoms with Gasteiger partial charge in [0.1, 0.15) is 18.8 Å². The molecular weight excluding hydrogens is 486 g/mol. The first-order chi connectivity index (χ1) is 17.2. The lowest BCUT2D eigenvalue weighted by Crippen LogP contribution is -2.36. The topological polar surface area (TPSA) is 150 Å². The molecule has 0 aliphatic carbocycles. The summed E-state index contributed by atoms with van der Waals surface area (Å²) in [7, 11) is 0. The average Bonchev–Trinajstić information content (AvgIpc) is 2.77. The Hall–Kier alpha value is -3.34. The van der Waals surface area contributed by atoms with Gasteiger partial charge in [0.2, 0.25) is 0 Å². The smallest absolute Gasteiger partial charge is 0.461 e. The van der Waals surface area contributed by atoms with Gasteiger partial charge in [0.05, 0.1) is 18.1 Å². The van der Waals surface area contributed by atoms with Crippen molar-refractivity contribution in [2.45, 2.75) is 86.2 Å². The molecule has 0 bridgehead atoms. The van der Waals surface area contributed by atoms with Gasteiger partial charge in [0.25, 0.3) is 0 Å². The van der Waals surface area contributed by atoms with Gasteiger partial charge in [-0.2, -0.15) is 0 Å². The number of rotatable bonds is 12. The zero-order valence-corrected chi connectivity index (χ0v) is 22.8. The number of esters is 2. The van der Waals surface area contributed by atoms with E-state index in [9.17, 15) is 19.2 Å². The highest BCUT2D eigenvalue weighted by molar-refractivity contribution is 5.76. The number of nitrogens with two attached hydrogens (primary N) is 1. The van der Waals surface area contributed by atoms with Gasteiger partial charge in [-0.25, -0.2) is 9.59 Å². The van der Waals surface area contributed by atoms with Crippen molar-refractivity contribution in [2.24, 2.45) is 17.6 Å². The van der Waals surface area contributed by atoms with Crippen molar-refractivity contribution >= 4 is 24.2 Å². The van der Waals surface area contributed by atoms with E-state index in [1.54, 1.807) is 47.6 Å². The molecule has 2 N–H and O–H groups in total. The summed E-state index contributed by atoms with van der Waals surface area (Å²) in [5, 5.41) is 0. The molecule has 0 saturated heterocycles. The second-order valence-corrected chi connectivity index (χ2v) is 9.54. The molecule has 1 unspecified atom stereocenters. The molecule has 0 saturated carbocycles. The van der Waals surface area contributed by atoms with Crippen LogP contribution in [0.5, 0.6) is 11.5 Å². The molecule has 0 aliphatic rings. The van der Waals surface area contributed by atoms with Gasteiger partial charge in [-0.1, -0.05) is 26.8 Å². The van der Waals surface area contributed by atoms with Gasteiger partial charge in [0, 0.05) is 0 Å². The maximum Gasteiger partial charge on any atom is 0.514 e. The molecule has 0 heterocycles. The molecule has 0 fully saturated rings. The summed E-state index contributed by atoms with van der Waals surface area (Å²) in [5.41, 5.74) is 6.49. The second-order valence-electron chi connectivity index (χ2n) is 9.54. The van der Waals surface area contributed by atoms with E-state index in [2.05, 4.69) is 0 Å². The highest BCUT2D eigenvalue weighted by atomic mass is 16.7. The van der Waals surface area contributed by atoms with Crippen LogP contribution in [0.2, 0.25) is 0 Å².